The van der Waals surface area contributed by atoms with E-state index in [1.165, 1.54) is 28.8 Å². The number of carboxylic acid groups (broad SMARTS) is 1. The van der Waals surface area contributed by atoms with Gasteiger partial charge >= 0.3 is 5.97 Å². The Balaban J connectivity index is 1.44. The van der Waals surface area contributed by atoms with Crippen LogP contribution in [-0.4, -0.2) is 25.8 Å². The minimum atomic E-state index is -2.30. The molecule has 1 aliphatic rings. The SMILES string of the molecule is N[SH+](=O)c1ccc(Cc2c(-c3cccc(OCc4ccccc4)c3)nn(-c3nc(C(=O)O)cs3)c2CC2CC2)cc1F. The Morgan fingerprint density at radius 3 is 2.60 bits per heavy atom. The molecule has 3 aromatic carbocycles. The quantitative estimate of drug-likeness (QED) is 0.144. The number of halogens is 1. The van der Waals surface area contributed by atoms with E-state index in [9.17, 15) is 18.5 Å². The van der Waals surface area contributed by atoms with Crippen molar-refractivity contribution >= 4 is 28.3 Å². The first-order valence-corrected chi connectivity index (χ1v) is 15.6. The molecule has 1 unspecified atom stereocenters. The molecule has 1 aliphatic carbocycles. The number of thiol groups is 1. The fourth-order valence-corrected chi connectivity index (χ4v) is 6.11. The van der Waals surface area contributed by atoms with Crippen LogP contribution in [-0.2, 0) is 34.6 Å². The summed E-state index contributed by atoms with van der Waals surface area (Å²) in [5.41, 5.74) is 4.95. The first-order chi connectivity index (χ1) is 20.4. The third-order valence-corrected chi connectivity index (χ3v) is 8.80. The molecule has 0 bridgehead atoms. The molecule has 0 spiro atoms. The number of ether oxygens (including phenoxy) is 1. The summed E-state index contributed by atoms with van der Waals surface area (Å²) in [5, 5.41) is 21.9. The Morgan fingerprint density at radius 1 is 1.10 bits per heavy atom. The van der Waals surface area contributed by atoms with Crippen LogP contribution in [0.1, 0.15) is 45.7 Å². The van der Waals surface area contributed by atoms with E-state index in [-0.39, 0.29) is 10.6 Å². The van der Waals surface area contributed by atoms with Crippen LogP contribution in [0.3, 0.4) is 0 Å². The third-order valence-electron chi connectivity index (χ3n) is 7.15. The Bertz CT molecular complexity index is 1780. The van der Waals surface area contributed by atoms with Crippen LogP contribution in [0.4, 0.5) is 4.39 Å². The number of hydrogen-bond donors (Lipinski definition) is 2. The van der Waals surface area contributed by atoms with Crippen LogP contribution < -0.4 is 9.88 Å². The molecular formula is C31H28FN4O4S2+. The lowest BCUT2D eigenvalue weighted by Gasteiger charge is -2.10. The van der Waals surface area contributed by atoms with Gasteiger partial charge in [0.15, 0.2) is 22.5 Å². The van der Waals surface area contributed by atoms with Gasteiger partial charge in [0.1, 0.15) is 12.4 Å². The second kappa shape index (κ2) is 12.0. The average Bonchev–Trinajstić information content (AvgIpc) is 3.54. The van der Waals surface area contributed by atoms with Crippen LogP contribution in [0.5, 0.6) is 5.75 Å². The van der Waals surface area contributed by atoms with Gasteiger partial charge in [-0.05, 0) is 60.6 Å². The maximum Gasteiger partial charge on any atom is 0.355 e. The number of aromatic carboxylic acids is 1. The van der Waals surface area contributed by atoms with Crippen molar-refractivity contribution in [2.24, 2.45) is 11.1 Å². The monoisotopic (exact) mass is 603 g/mol. The number of hydrogen-bond acceptors (Lipinski definition) is 6. The normalized spacial score (nSPS) is 13.7. The molecule has 0 radical (unpaired) electrons. The summed E-state index contributed by atoms with van der Waals surface area (Å²) in [6.45, 7) is 0.407. The van der Waals surface area contributed by atoms with Gasteiger partial charge in [0.2, 0.25) is 10.0 Å². The van der Waals surface area contributed by atoms with Gasteiger partial charge in [-0.1, -0.05) is 52.7 Å². The molecule has 214 valence electrons. The topological polar surface area (TPSA) is 120 Å². The largest absolute Gasteiger partial charge is 0.489 e. The fraction of sp³-hybridized carbons (Fsp3) is 0.194. The molecule has 42 heavy (non-hydrogen) atoms. The van der Waals surface area contributed by atoms with E-state index >= 15 is 0 Å². The molecule has 0 amide bonds. The number of rotatable bonds is 11. The highest BCUT2D eigenvalue weighted by Gasteiger charge is 2.29. The predicted molar refractivity (Wildman–Crippen MR) is 160 cm³/mol. The molecule has 3 N–H and O–H groups in total. The molecular weight excluding hydrogens is 575 g/mol. The van der Waals surface area contributed by atoms with Crippen molar-refractivity contribution in [2.75, 3.05) is 0 Å². The first kappa shape index (κ1) is 28.0. The number of carbonyl (C=O) groups is 1. The van der Waals surface area contributed by atoms with Gasteiger partial charge in [0, 0.05) is 22.9 Å². The smallest absolute Gasteiger partial charge is 0.355 e. The lowest BCUT2D eigenvalue weighted by atomic mass is 9.97. The maximum atomic E-state index is 14.8. The van der Waals surface area contributed by atoms with Crippen LogP contribution >= 0.6 is 11.3 Å². The molecule has 1 saturated carbocycles. The number of nitrogens with two attached hydrogens (primary N) is 1. The second-order valence-electron chi connectivity index (χ2n) is 10.2. The van der Waals surface area contributed by atoms with E-state index in [2.05, 4.69) is 4.98 Å². The highest BCUT2D eigenvalue weighted by atomic mass is 32.2. The molecule has 1 atom stereocenters. The predicted octanol–water partition coefficient (Wildman–Crippen LogP) is 5.88. The van der Waals surface area contributed by atoms with Crippen LogP contribution in [0, 0.1) is 11.7 Å². The van der Waals surface area contributed by atoms with E-state index in [1.54, 1.807) is 10.7 Å². The van der Waals surface area contributed by atoms with E-state index in [0.29, 0.717) is 41.1 Å². The molecule has 2 heterocycles. The number of thiazole rings is 1. The Hall–Kier alpha value is -4.19. The molecule has 11 heteroatoms. The van der Waals surface area contributed by atoms with Gasteiger partial charge in [-0.3, -0.25) is 0 Å². The van der Waals surface area contributed by atoms with Crippen molar-refractivity contribution < 1.29 is 23.2 Å². The van der Waals surface area contributed by atoms with E-state index in [0.717, 1.165) is 41.6 Å². The van der Waals surface area contributed by atoms with Crippen molar-refractivity contribution in [3.8, 4) is 22.1 Å². The summed E-state index contributed by atoms with van der Waals surface area (Å²) in [7, 11) is -2.30. The standard InChI is InChI=1S/C31H27FN4O4S2/c32-25-14-21(11-12-28(25)42(33)39)13-24-27(15-19-9-10-19)36(31-34-26(18-41-31)30(37)38)35-29(24)22-7-4-8-23(16-22)40-17-20-5-2-1-3-6-20/h1-8,11-12,14,16,18-19H,9-10,13,15,17H2,(H2,33,39)(H,37,38)/p+1. The molecule has 8 nitrogen and oxygen atoms in total. The number of nitrogens with zero attached hydrogens (tertiary/aromatic N) is 3. The van der Waals surface area contributed by atoms with Gasteiger partial charge in [-0.25, -0.2) is 18.9 Å². The number of aromatic nitrogens is 3. The minimum Gasteiger partial charge on any atom is -0.489 e. The van der Waals surface area contributed by atoms with Crippen molar-refractivity contribution in [1.82, 2.24) is 14.8 Å². The zero-order valence-electron chi connectivity index (χ0n) is 22.4. The highest BCUT2D eigenvalue weighted by molar-refractivity contribution is 7.82. The molecule has 0 saturated heterocycles. The average molecular weight is 604 g/mol. The van der Waals surface area contributed by atoms with Gasteiger partial charge in [-0.15, -0.1) is 16.5 Å². The molecule has 2 aromatic heterocycles. The lowest BCUT2D eigenvalue weighted by molar-refractivity contribution is 0.0691. The van der Waals surface area contributed by atoms with Crippen LogP contribution in [0.2, 0.25) is 0 Å². The van der Waals surface area contributed by atoms with Gasteiger partial charge in [-0.2, -0.15) is 5.10 Å². The maximum absolute atomic E-state index is 14.8. The molecule has 0 aliphatic heterocycles. The zero-order chi connectivity index (χ0) is 29.2. The number of benzene rings is 3. The Morgan fingerprint density at radius 2 is 1.90 bits per heavy atom. The summed E-state index contributed by atoms with van der Waals surface area (Å²) in [5.74, 6) is -0.570. The van der Waals surface area contributed by atoms with E-state index in [4.69, 9.17) is 15.0 Å². The summed E-state index contributed by atoms with van der Waals surface area (Å²) in [6, 6.07) is 22.1. The molecule has 6 rings (SSSR count). The van der Waals surface area contributed by atoms with Gasteiger partial charge < -0.3 is 9.84 Å². The van der Waals surface area contributed by atoms with Gasteiger partial charge in [0.05, 0.1) is 11.4 Å². The Kier molecular flexibility index (Phi) is 7.96. The third kappa shape index (κ3) is 6.18. The van der Waals surface area contributed by atoms with Crippen LogP contribution in [0.15, 0.2) is 83.1 Å². The summed E-state index contributed by atoms with van der Waals surface area (Å²) in [4.78, 5) is 15.9. The number of carboxylic acids is 1. The minimum absolute atomic E-state index is 0.0184. The van der Waals surface area contributed by atoms with Crippen molar-refractivity contribution in [2.45, 2.75) is 37.2 Å². The fourth-order valence-electron chi connectivity index (χ4n) is 4.84. The first-order valence-electron chi connectivity index (χ1n) is 13.4. The highest BCUT2D eigenvalue weighted by Crippen LogP contribution is 2.38. The van der Waals surface area contributed by atoms with E-state index in [1.807, 2.05) is 54.6 Å². The summed E-state index contributed by atoms with van der Waals surface area (Å²) < 4.78 is 34.4. The Labute approximate surface area is 248 Å². The van der Waals surface area contributed by atoms with Gasteiger partial charge in [0.25, 0.3) is 0 Å². The summed E-state index contributed by atoms with van der Waals surface area (Å²) >= 11 is 1.21. The second-order valence-corrected chi connectivity index (χ2v) is 12.2. The molecule has 5 aromatic rings. The lowest BCUT2D eigenvalue weighted by Crippen LogP contribution is -2.07. The van der Waals surface area contributed by atoms with Crippen LogP contribution in [0.25, 0.3) is 16.4 Å². The van der Waals surface area contributed by atoms with E-state index < -0.39 is 22.8 Å². The van der Waals surface area contributed by atoms with Crippen molar-refractivity contribution in [3.63, 3.8) is 0 Å². The van der Waals surface area contributed by atoms with Crippen molar-refractivity contribution in [1.29, 1.82) is 0 Å². The molecule has 1 fully saturated rings. The zero-order valence-corrected chi connectivity index (χ0v) is 24.2. The summed E-state index contributed by atoms with van der Waals surface area (Å²) in [6.07, 6.45) is 3.26. The van der Waals surface area contributed by atoms with Crippen molar-refractivity contribution in [3.05, 3.63) is 112 Å².